The number of anilines is 1. The van der Waals surface area contributed by atoms with Crippen LogP contribution in [0.15, 0.2) is 17.2 Å². The fourth-order valence-corrected chi connectivity index (χ4v) is 1.03. The van der Waals surface area contributed by atoms with Gasteiger partial charge in [0.2, 0.25) is 0 Å². The molecule has 1 rings (SSSR count). The molecule has 1 heterocycles. The van der Waals surface area contributed by atoms with Crippen molar-refractivity contribution in [2.45, 2.75) is 25.8 Å². The average Bonchev–Trinajstić information content (AvgIpc) is 2.18. The van der Waals surface area contributed by atoms with E-state index in [9.17, 15) is 4.79 Å². The number of hydrogen-bond donors (Lipinski definition) is 3. The van der Waals surface area contributed by atoms with Gasteiger partial charge in [-0.15, -0.1) is 0 Å². The van der Waals surface area contributed by atoms with E-state index in [2.05, 4.69) is 15.3 Å². The van der Waals surface area contributed by atoms with E-state index >= 15 is 0 Å². The first kappa shape index (κ1) is 10.7. The SMILES string of the molecule is CCC(C)(CN)Nc1cc(=O)[nH]cn1. The van der Waals surface area contributed by atoms with E-state index in [0.717, 1.165) is 6.42 Å². The maximum Gasteiger partial charge on any atom is 0.252 e. The zero-order chi connectivity index (χ0) is 10.6. The Balaban J connectivity index is 2.82. The molecule has 0 saturated heterocycles. The number of nitrogens with zero attached hydrogens (tertiary/aromatic N) is 1. The molecule has 0 amide bonds. The van der Waals surface area contributed by atoms with Crippen LogP contribution in [0.2, 0.25) is 0 Å². The molecule has 0 aliphatic heterocycles. The van der Waals surface area contributed by atoms with Crippen LogP contribution in [0.3, 0.4) is 0 Å². The van der Waals surface area contributed by atoms with Gasteiger partial charge in [0.1, 0.15) is 5.82 Å². The molecule has 1 aromatic heterocycles. The van der Waals surface area contributed by atoms with Crippen molar-refractivity contribution >= 4 is 5.82 Å². The number of hydrogen-bond acceptors (Lipinski definition) is 4. The molecule has 0 bridgehead atoms. The lowest BCUT2D eigenvalue weighted by atomic mass is 9.99. The van der Waals surface area contributed by atoms with Gasteiger partial charge >= 0.3 is 0 Å². The molecule has 5 nitrogen and oxygen atoms in total. The lowest BCUT2D eigenvalue weighted by Crippen LogP contribution is -2.42. The van der Waals surface area contributed by atoms with Gasteiger partial charge in [-0.3, -0.25) is 4.79 Å². The summed E-state index contributed by atoms with van der Waals surface area (Å²) in [5, 5.41) is 3.14. The Morgan fingerprint density at radius 1 is 1.71 bits per heavy atom. The zero-order valence-corrected chi connectivity index (χ0v) is 8.50. The molecule has 14 heavy (non-hydrogen) atoms. The third-order valence-electron chi connectivity index (χ3n) is 2.34. The van der Waals surface area contributed by atoms with Crippen LogP contribution >= 0.6 is 0 Å². The molecular formula is C9H16N4O. The first-order chi connectivity index (χ1) is 6.59. The number of aromatic amines is 1. The molecule has 0 radical (unpaired) electrons. The molecule has 1 aromatic rings. The minimum absolute atomic E-state index is 0.169. The minimum atomic E-state index is -0.208. The Hall–Kier alpha value is -1.36. The van der Waals surface area contributed by atoms with Crippen molar-refractivity contribution in [3.63, 3.8) is 0 Å². The standard InChI is InChI=1S/C9H16N4O/c1-3-9(2,5-10)13-7-4-8(14)12-6-11-7/h4,6H,3,5,10H2,1-2H3,(H2,11,12,13,14). The Bertz CT molecular complexity index is 343. The third-order valence-corrected chi connectivity index (χ3v) is 2.34. The van der Waals surface area contributed by atoms with Gasteiger partial charge < -0.3 is 16.0 Å². The van der Waals surface area contributed by atoms with Crippen molar-refractivity contribution < 1.29 is 0 Å². The van der Waals surface area contributed by atoms with Gasteiger partial charge in [-0.25, -0.2) is 4.98 Å². The van der Waals surface area contributed by atoms with Crippen molar-refractivity contribution in [1.29, 1.82) is 0 Å². The van der Waals surface area contributed by atoms with Gasteiger partial charge in [0, 0.05) is 18.2 Å². The van der Waals surface area contributed by atoms with Crippen molar-refractivity contribution in [1.82, 2.24) is 9.97 Å². The van der Waals surface area contributed by atoms with E-state index in [1.165, 1.54) is 12.4 Å². The van der Waals surface area contributed by atoms with E-state index in [4.69, 9.17) is 5.73 Å². The zero-order valence-electron chi connectivity index (χ0n) is 8.50. The summed E-state index contributed by atoms with van der Waals surface area (Å²) in [6, 6.07) is 1.42. The highest BCUT2D eigenvalue weighted by atomic mass is 16.1. The van der Waals surface area contributed by atoms with E-state index in [-0.39, 0.29) is 11.1 Å². The summed E-state index contributed by atoms with van der Waals surface area (Å²) >= 11 is 0. The second kappa shape index (κ2) is 4.23. The number of nitrogens with two attached hydrogens (primary N) is 1. The second-order valence-electron chi connectivity index (χ2n) is 3.54. The smallest absolute Gasteiger partial charge is 0.252 e. The van der Waals surface area contributed by atoms with Gasteiger partial charge in [-0.1, -0.05) is 6.92 Å². The van der Waals surface area contributed by atoms with Crippen LogP contribution < -0.4 is 16.6 Å². The minimum Gasteiger partial charge on any atom is -0.363 e. The Morgan fingerprint density at radius 3 is 2.93 bits per heavy atom. The molecule has 0 fully saturated rings. The molecule has 0 saturated carbocycles. The van der Waals surface area contributed by atoms with Crippen LogP contribution in [0.5, 0.6) is 0 Å². The van der Waals surface area contributed by atoms with Crippen molar-refractivity contribution in [3.8, 4) is 0 Å². The van der Waals surface area contributed by atoms with Crippen molar-refractivity contribution in [3.05, 3.63) is 22.7 Å². The molecule has 78 valence electrons. The normalized spacial score (nSPS) is 14.8. The van der Waals surface area contributed by atoms with Crippen LogP contribution in [-0.4, -0.2) is 22.1 Å². The maximum atomic E-state index is 11.0. The molecule has 4 N–H and O–H groups in total. The van der Waals surface area contributed by atoms with E-state index in [1.807, 2.05) is 13.8 Å². The first-order valence-corrected chi connectivity index (χ1v) is 4.62. The summed E-state index contributed by atoms with van der Waals surface area (Å²) in [5.74, 6) is 0.559. The predicted octanol–water partition coefficient (Wildman–Crippen LogP) is 0.309. The first-order valence-electron chi connectivity index (χ1n) is 4.62. The van der Waals surface area contributed by atoms with Gasteiger partial charge in [0.15, 0.2) is 0 Å². The summed E-state index contributed by atoms with van der Waals surface area (Å²) in [5.41, 5.74) is 5.25. The van der Waals surface area contributed by atoms with Gasteiger partial charge in [0.25, 0.3) is 5.56 Å². The number of rotatable bonds is 4. The highest BCUT2D eigenvalue weighted by Crippen LogP contribution is 2.13. The highest BCUT2D eigenvalue weighted by molar-refractivity contribution is 5.35. The largest absolute Gasteiger partial charge is 0.363 e. The third kappa shape index (κ3) is 2.56. The molecule has 0 spiro atoms. The fraction of sp³-hybridized carbons (Fsp3) is 0.556. The van der Waals surface area contributed by atoms with Crippen LogP contribution in [0, 0.1) is 0 Å². The number of H-pyrrole nitrogens is 1. The van der Waals surface area contributed by atoms with E-state index in [0.29, 0.717) is 12.4 Å². The number of aromatic nitrogens is 2. The monoisotopic (exact) mass is 196 g/mol. The summed E-state index contributed by atoms with van der Waals surface area (Å²) in [7, 11) is 0. The van der Waals surface area contributed by atoms with E-state index in [1.54, 1.807) is 0 Å². The average molecular weight is 196 g/mol. The molecule has 0 aromatic carbocycles. The van der Waals surface area contributed by atoms with Crippen molar-refractivity contribution in [2.75, 3.05) is 11.9 Å². The molecule has 0 aliphatic rings. The lowest BCUT2D eigenvalue weighted by molar-refractivity contribution is 0.504. The van der Waals surface area contributed by atoms with Crippen LogP contribution in [0.1, 0.15) is 20.3 Å². The maximum absolute atomic E-state index is 11.0. The topological polar surface area (TPSA) is 83.8 Å². The van der Waals surface area contributed by atoms with Crippen LogP contribution in [0.4, 0.5) is 5.82 Å². The molecule has 5 heteroatoms. The van der Waals surface area contributed by atoms with Crippen LogP contribution in [0.25, 0.3) is 0 Å². The quantitative estimate of drug-likeness (QED) is 0.647. The Kier molecular flexibility index (Phi) is 3.24. The fourth-order valence-electron chi connectivity index (χ4n) is 1.03. The lowest BCUT2D eigenvalue weighted by Gasteiger charge is -2.28. The van der Waals surface area contributed by atoms with Gasteiger partial charge in [-0.2, -0.15) is 0 Å². The van der Waals surface area contributed by atoms with Gasteiger partial charge in [0.05, 0.1) is 6.33 Å². The van der Waals surface area contributed by atoms with Crippen molar-refractivity contribution in [2.24, 2.45) is 5.73 Å². The molecule has 1 unspecified atom stereocenters. The Labute approximate surface area is 82.7 Å². The summed E-state index contributed by atoms with van der Waals surface area (Å²) < 4.78 is 0. The summed E-state index contributed by atoms with van der Waals surface area (Å²) in [6.07, 6.45) is 2.25. The summed E-state index contributed by atoms with van der Waals surface area (Å²) in [6.45, 7) is 4.53. The Morgan fingerprint density at radius 2 is 2.43 bits per heavy atom. The van der Waals surface area contributed by atoms with E-state index < -0.39 is 0 Å². The highest BCUT2D eigenvalue weighted by Gasteiger charge is 2.19. The summed E-state index contributed by atoms with van der Waals surface area (Å²) in [4.78, 5) is 17.4. The second-order valence-corrected chi connectivity index (χ2v) is 3.54. The van der Waals surface area contributed by atoms with Gasteiger partial charge in [-0.05, 0) is 13.3 Å². The molecule has 1 atom stereocenters. The predicted molar refractivity (Wildman–Crippen MR) is 56.2 cm³/mol. The van der Waals surface area contributed by atoms with Crippen LogP contribution in [-0.2, 0) is 0 Å². The molecule has 0 aliphatic carbocycles. The number of nitrogens with one attached hydrogen (secondary N) is 2. The molecular weight excluding hydrogens is 180 g/mol.